The zero-order chi connectivity index (χ0) is 23.7. The maximum atomic E-state index is 13.9. The number of hydrogen-bond donors (Lipinski definition) is 1. The smallest absolute Gasteiger partial charge is 0.233 e. The van der Waals surface area contributed by atoms with Gasteiger partial charge in [-0.2, -0.15) is 0 Å². The molecule has 7 nitrogen and oxygen atoms in total. The molecule has 0 radical (unpaired) electrons. The van der Waals surface area contributed by atoms with Gasteiger partial charge in [0.1, 0.15) is 11.9 Å². The first kappa shape index (κ1) is 26.2. The van der Waals surface area contributed by atoms with E-state index in [2.05, 4.69) is 28.0 Å². The molecule has 2 amide bonds. The van der Waals surface area contributed by atoms with Gasteiger partial charge in [0.25, 0.3) is 0 Å². The summed E-state index contributed by atoms with van der Waals surface area (Å²) in [6.07, 6.45) is 3.29. The molecular weight excluding hydrogens is 473 g/mol. The van der Waals surface area contributed by atoms with Crippen molar-refractivity contribution in [2.75, 3.05) is 44.2 Å². The van der Waals surface area contributed by atoms with Crippen molar-refractivity contribution in [3.8, 4) is 5.75 Å². The molecule has 9 heteroatoms. The minimum Gasteiger partial charge on any atom is -0.488 e. The highest BCUT2D eigenvalue weighted by Gasteiger charge is 2.52. The van der Waals surface area contributed by atoms with Crippen molar-refractivity contribution in [1.82, 2.24) is 9.80 Å². The second-order valence-electron chi connectivity index (χ2n) is 10.3. The molecule has 35 heavy (non-hydrogen) atoms. The molecule has 4 aliphatic rings. The van der Waals surface area contributed by atoms with E-state index >= 15 is 0 Å². The van der Waals surface area contributed by atoms with Crippen molar-refractivity contribution in [3.05, 3.63) is 24.3 Å². The van der Waals surface area contributed by atoms with Gasteiger partial charge >= 0.3 is 0 Å². The van der Waals surface area contributed by atoms with Crippen LogP contribution >= 0.6 is 12.4 Å². The average Bonchev–Trinajstić information content (AvgIpc) is 3.43. The quantitative estimate of drug-likeness (QED) is 0.570. The zero-order valence-corrected chi connectivity index (χ0v) is 21.0. The highest BCUT2D eigenvalue weighted by molar-refractivity contribution is 6.05. The number of ether oxygens (including phenoxy) is 1. The van der Waals surface area contributed by atoms with E-state index in [1.165, 1.54) is 23.4 Å². The van der Waals surface area contributed by atoms with Gasteiger partial charge < -0.3 is 14.7 Å². The molecule has 2 saturated carbocycles. The summed E-state index contributed by atoms with van der Waals surface area (Å²) < 4.78 is 20.2. The highest BCUT2D eigenvalue weighted by atomic mass is 35.5. The summed E-state index contributed by atoms with van der Waals surface area (Å²) in [4.78, 5) is 31.4. The van der Waals surface area contributed by atoms with E-state index in [4.69, 9.17) is 4.74 Å². The Balaban J connectivity index is 0.00000289. The van der Waals surface area contributed by atoms with Crippen LogP contribution < -0.4 is 9.64 Å². The lowest BCUT2D eigenvalue weighted by atomic mass is 9.78. The molecule has 0 spiro atoms. The van der Waals surface area contributed by atoms with Gasteiger partial charge in [0.2, 0.25) is 11.8 Å². The van der Waals surface area contributed by atoms with Gasteiger partial charge in [-0.25, -0.2) is 4.39 Å². The normalized spacial score (nSPS) is 29.9. The second-order valence-corrected chi connectivity index (χ2v) is 10.3. The number of anilines is 1. The van der Waals surface area contributed by atoms with Gasteiger partial charge in [-0.05, 0) is 63.6 Å². The predicted octanol–water partition coefficient (Wildman–Crippen LogP) is 3.04. The van der Waals surface area contributed by atoms with E-state index < -0.39 is 24.1 Å². The van der Waals surface area contributed by atoms with Crippen molar-refractivity contribution in [1.29, 1.82) is 0 Å². The number of alkyl halides is 1. The number of carbonyl (C=O) groups excluding carboxylic acids is 2. The number of nitrogens with zero attached hydrogens (tertiary/aromatic N) is 3. The van der Waals surface area contributed by atoms with Crippen LogP contribution in [0, 0.1) is 11.8 Å². The van der Waals surface area contributed by atoms with E-state index in [-0.39, 0.29) is 37.1 Å². The van der Waals surface area contributed by atoms with E-state index in [1.54, 1.807) is 0 Å². The minimum atomic E-state index is -1.41. The fourth-order valence-corrected chi connectivity index (χ4v) is 6.08. The summed E-state index contributed by atoms with van der Waals surface area (Å²) in [6, 6.07) is 8.32. The number of imide groups is 1. The molecule has 0 bridgehead atoms. The van der Waals surface area contributed by atoms with Crippen LogP contribution in [0.25, 0.3) is 0 Å². The van der Waals surface area contributed by atoms with Gasteiger partial charge in [0.05, 0.1) is 29.7 Å². The Labute approximate surface area is 213 Å². The predicted molar refractivity (Wildman–Crippen MR) is 134 cm³/mol. The fourth-order valence-electron chi connectivity index (χ4n) is 6.08. The molecule has 1 aromatic carbocycles. The third-order valence-electron chi connectivity index (χ3n) is 8.07. The number of amides is 2. The summed E-state index contributed by atoms with van der Waals surface area (Å²) in [5.74, 6) is -0.653. The molecule has 4 atom stereocenters. The van der Waals surface area contributed by atoms with Crippen LogP contribution in [0.5, 0.6) is 5.75 Å². The first-order valence-corrected chi connectivity index (χ1v) is 12.9. The maximum Gasteiger partial charge on any atom is 0.233 e. The average molecular weight is 510 g/mol. The molecular formula is C26H37ClFN3O4. The first-order valence-electron chi connectivity index (χ1n) is 12.9. The Hall–Kier alpha value is -1.90. The molecule has 2 saturated heterocycles. The molecule has 0 aromatic heterocycles. The lowest BCUT2D eigenvalue weighted by Gasteiger charge is -2.37. The van der Waals surface area contributed by atoms with Crippen LogP contribution in [0.15, 0.2) is 24.3 Å². The Morgan fingerprint density at radius 3 is 2.31 bits per heavy atom. The maximum absolute atomic E-state index is 13.9. The van der Waals surface area contributed by atoms with Crippen LogP contribution in [0.2, 0.25) is 0 Å². The molecule has 194 valence electrons. The number of hydrogen-bond acceptors (Lipinski definition) is 6. The van der Waals surface area contributed by atoms with Gasteiger partial charge in [0.15, 0.2) is 0 Å². The van der Waals surface area contributed by atoms with Crippen LogP contribution in [0.1, 0.15) is 44.9 Å². The number of rotatable bonds is 7. The molecule has 2 aliphatic carbocycles. The standard InChI is InChI=1S/C26H36FN3O4.ClH/c27-21-16-19-20(17-23(21)31)26(33)30(25(19)32)11-5-10-28-12-14-29(15-13-28)22-8-3-4-9-24(22)34-18-6-1-2-7-18;/h3-4,8-9,18-21,23,31H,1-2,5-7,10-17H2;1H. The van der Waals surface area contributed by atoms with E-state index in [1.807, 2.05) is 6.07 Å². The molecule has 2 heterocycles. The number of halogens is 2. The van der Waals surface area contributed by atoms with Crippen LogP contribution in [-0.2, 0) is 9.59 Å². The molecule has 1 N–H and O–H groups in total. The van der Waals surface area contributed by atoms with Crippen molar-refractivity contribution >= 4 is 29.9 Å². The molecule has 2 aliphatic heterocycles. The van der Waals surface area contributed by atoms with Crippen molar-refractivity contribution in [2.45, 2.75) is 63.3 Å². The SMILES string of the molecule is Cl.O=C1C2CC(O)C(F)CC2C(=O)N1CCCN1CCN(c2ccccc2OC2CCCC2)CC1. The van der Waals surface area contributed by atoms with Crippen LogP contribution in [0.3, 0.4) is 0 Å². The number of likely N-dealkylation sites (tertiary alicyclic amines) is 1. The van der Waals surface area contributed by atoms with Crippen molar-refractivity contribution < 1.29 is 23.8 Å². The number of para-hydroxylation sites is 2. The van der Waals surface area contributed by atoms with Gasteiger partial charge in [-0.3, -0.25) is 19.4 Å². The topological polar surface area (TPSA) is 73.3 Å². The Kier molecular flexibility index (Phi) is 8.55. The highest BCUT2D eigenvalue weighted by Crippen LogP contribution is 2.39. The monoisotopic (exact) mass is 509 g/mol. The Bertz CT molecular complexity index is 863. The number of aliphatic hydroxyl groups excluding tert-OH is 1. The van der Waals surface area contributed by atoms with Crippen molar-refractivity contribution in [2.24, 2.45) is 11.8 Å². The summed E-state index contributed by atoms with van der Waals surface area (Å²) >= 11 is 0. The summed E-state index contributed by atoms with van der Waals surface area (Å²) in [7, 11) is 0. The third kappa shape index (κ3) is 5.59. The fraction of sp³-hybridized carbons (Fsp3) is 0.692. The summed E-state index contributed by atoms with van der Waals surface area (Å²) in [5, 5.41) is 9.78. The first-order chi connectivity index (χ1) is 16.5. The second kappa shape index (κ2) is 11.4. The van der Waals surface area contributed by atoms with Gasteiger partial charge in [-0.1, -0.05) is 12.1 Å². The number of carbonyl (C=O) groups is 2. The lowest BCUT2D eigenvalue weighted by Crippen LogP contribution is -2.47. The van der Waals surface area contributed by atoms with Crippen LogP contribution in [-0.4, -0.2) is 84.4 Å². The molecule has 5 rings (SSSR count). The summed E-state index contributed by atoms with van der Waals surface area (Å²) in [6.45, 7) is 4.84. The number of aliphatic hydroxyl groups is 1. The number of fused-ring (bicyclic) bond motifs is 1. The number of piperazine rings is 1. The Morgan fingerprint density at radius 1 is 0.943 bits per heavy atom. The molecule has 4 unspecified atom stereocenters. The third-order valence-corrected chi connectivity index (χ3v) is 8.07. The molecule has 4 fully saturated rings. The van der Waals surface area contributed by atoms with Crippen LogP contribution in [0.4, 0.5) is 10.1 Å². The van der Waals surface area contributed by atoms with Crippen molar-refractivity contribution in [3.63, 3.8) is 0 Å². The minimum absolute atomic E-state index is 0. The van der Waals surface area contributed by atoms with Gasteiger partial charge in [-0.15, -0.1) is 12.4 Å². The number of benzene rings is 1. The largest absolute Gasteiger partial charge is 0.488 e. The summed E-state index contributed by atoms with van der Waals surface area (Å²) in [5.41, 5.74) is 1.17. The molecule has 1 aromatic rings. The van der Waals surface area contributed by atoms with E-state index in [0.29, 0.717) is 19.1 Å². The van der Waals surface area contributed by atoms with E-state index in [0.717, 1.165) is 51.3 Å². The zero-order valence-electron chi connectivity index (χ0n) is 20.2. The Morgan fingerprint density at radius 2 is 1.60 bits per heavy atom. The van der Waals surface area contributed by atoms with Gasteiger partial charge in [0, 0.05) is 32.7 Å². The van der Waals surface area contributed by atoms with E-state index in [9.17, 15) is 19.1 Å². The lowest BCUT2D eigenvalue weighted by molar-refractivity contribution is -0.140.